The van der Waals surface area contributed by atoms with Crippen LogP contribution in [0.5, 0.6) is 0 Å². The second kappa shape index (κ2) is 30.3. The van der Waals surface area contributed by atoms with Gasteiger partial charge in [-0.2, -0.15) is 35.1 Å². The number of fused-ring (bicyclic) bond motifs is 12. The molecule has 0 N–H and O–H groups in total. The van der Waals surface area contributed by atoms with Crippen molar-refractivity contribution in [3.63, 3.8) is 0 Å². The molecule has 4 aliphatic rings. The number of hydrogen-bond donors (Lipinski definition) is 0. The highest BCUT2D eigenvalue weighted by molar-refractivity contribution is 5.86. The first-order chi connectivity index (χ1) is 49.7. The molecule has 16 rings (SSSR count). The second-order valence-electron chi connectivity index (χ2n) is 28.4. The van der Waals surface area contributed by atoms with Gasteiger partial charge in [0, 0.05) is 232 Å². The maximum atomic E-state index is 13.3. The first-order valence-corrected chi connectivity index (χ1v) is 35.4. The van der Waals surface area contributed by atoms with E-state index in [0.717, 1.165) is 207 Å². The summed E-state index contributed by atoms with van der Waals surface area (Å²) in [6, 6.07) is 20.9. The SMILES string of the molecule is CN1CCc2c(c3ccncc3n2CCc2ccc(C(C)(F)F)nc2)C1.CN1CCc2c(c3cnccc3n2CCc2ccc(C(C)(F)F)nc2)C1.CN1CCc2c(c3cncnc3n2CCc2ccc(C(C)(F)F)nc2)C1.CN1CCc2c(c3ncccc3n2CCc2ccc(C(C)(F)F)nc2)C1. The molecule has 0 saturated carbocycles. The van der Waals surface area contributed by atoms with Crippen LogP contribution in [0.1, 0.15) is 118 Å². The molecular formula is C79H87F8N17. The standard InChI is InChI=1S/3C20H22F2N4.C19H21F2N5/c1-20(21,22)19-4-3-14(11-24-19)6-10-26-17-5-8-23-12-15(17)16-13-25(2)9-7-18(16)26;1-20(21,22)19-4-3-14(11-24-19)6-10-26-17-7-9-25(2)13-16(17)15-5-8-23-12-18(15)26;1-20(21,22)18-6-5-14(12-24-18)7-11-26-16-8-10-25(2)13-15(16)19-17(26)4-3-9-23-19;1-19(20,21)17-4-3-13(9-23-17)5-8-26-16-6-7-25(2)11-15(16)14-10-22-12-24-18(14)26/h2*3-5,8,11-12H,6-7,9-10,13H2,1-2H3;3-6,9,12H,7-8,10-11,13H2,1-2H3;3-4,9-10,12H,5-8,11H2,1-2H3. The van der Waals surface area contributed by atoms with Gasteiger partial charge < -0.3 is 37.9 Å². The minimum Gasteiger partial charge on any atom is -0.344 e. The van der Waals surface area contributed by atoms with E-state index in [-0.39, 0.29) is 22.8 Å². The van der Waals surface area contributed by atoms with Crippen molar-refractivity contribution in [1.29, 1.82) is 0 Å². The molecule has 16 heterocycles. The molecule has 0 unspecified atom stereocenters. The number of halogens is 8. The maximum Gasteiger partial charge on any atom is 0.286 e. The number of alkyl halides is 8. The predicted molar refractivity (Wildman–Crippen MR) is 387 cm³/mol. The Balaban J connectivity index is 0.000000123. The third-order valence-electron chi connectivity index (χ3n) is 20.4. The van der Waals surface area contributed by atoms with Crippen LogP contribution in [0.2, 0.25) is 0 Å². The van der Waals surface area contributed by atoms with Gasteiger partial charge in [0.15, 0.2) is 0 Å². The third kappa shape index (κ3) is 16.2. The van der Waals surface area contributed by atoms with Crippen molar-refractivity contribution >= 4 is 43.9 Å². The molecule has 0 saturated heterocycles. The Morgan fingerprint density at radius 2 is 0.712 bits per heavy atom. The highest BCUT2D eigenvalue weighted by atomic mass is 19.3. The Bertz CT molecular complexity index is 4330. The summed E-state index contributed by atoms with van der Waals surface area (Å²) < 4.78 is 116. The predicted octanol–water partition coefficient (Wildman–Crippen LogP) is 14.5. The summed E-state index contributed by atoms with van der Waals surface area (Å²) in [5.41, 5.74) is 19.4. The molecule has 25 heteroatoms. The van der Waals surface area contributed by atoms with Crippen molar-refractivity contribution in [3.8, 4) is 0 Å². The molecule has 0 fully saturated rings. The first kappa shape index (κ1) is 72.9. The number of pyridine rings is 7. The Morgan fingerprint density at radius 1 is 0.337 bits per heavy atom. The van der Waals surface area contributed by atoms with E-state index >= 15 is 0 Å². The lowest BCUT2D eigenvalue weighted by Crippen LogP contribution is -2.27. The van der Waals surface area contributed by atoms with E-state index in [1.807, 2.05) is 43.2 Å². The molecule has 0 spiro atoms. The molecule has 17 nitrogen and oxygen atoms in total. The smallest absolute Gasteiger partial charge is 0.286 e. The molecule has 0 radical (unpaired) electrons. The second-order valence-corrected chi connectivity index (χ2v) is 28.4. The Hall–Kier alpha value is -9.43. The third-order valence-corrected chi connectivity index (χ3v) is 20.4. The van der Waals surface area contributed by atoms with E-state index < -0.39 is 23.7 Å². The molecule has 104 heavy (non-hydrogen) atoms. The lowest BCUT2D eigenvalue weighted by atomic mass is 10.1. The van der Waals surface area contributed by atoms with Crippen LogP contribution >= 0.6 is 0 Å². The average Bonchev–Trinajstić information content (AvgIpc) is 1.62. The fourth-order valence-corrected chi connectivity index (χ4v) is 14.8. The van der Waals surface area contributed by atoms with Gasteiger partial charge in [-0.05, 0) is 141 Å². The summed E-state index contributed by atoms with van der Waals surface area (Å²) in [6.45, 7) is 14.5. The van der Waals surface area contributed by atoms with E-state index in [1.54, 1.807) is 55.4 Å². The fourth-order valence-electron chi connectivity index (χ4n) is 14.8. The van der Waals surface area contributed by atoms with Gasteiger partial charge in [-0.1, -0.05) is 24.3 Å². The summed E-state index contributed by atoms with van der Waals surface area (Å²) >= 11 is 0. The zero-order chi connectivity index (χ0) is 73.2. The van der Waals surface area contributed by atoms with Gasteiger partial charge in [0.05, 0.1) is 28.3 Å². The van der Waals surface area contributed by atoms with Crippen LogP contribution in [-0.2, 0) is 127 Å². The lowest BCUT2D eigenvalue weighted by molar-refractivity contribution is 0.0121. The van der Waals surface area contributed by atoms with Crippen molar-refractivity contribution in [2.75, 3.05) is 54.4 Å². The number of hydrogen-bond acceptors (Lipinski definition) is 13. The number of nitrogens with zero attached hydrogens (tertiary/aromatic N) is 17. The van der Waals surface area contributed by atoms with Crippen molar-refractivity contribution < 1.29 is 35.1 Å². The molecule has 0 aromatic carbocycles. The van der Waals surface area contributed by atoms with Crippen LogP contribution in [0.25, 0.3) is 43.9 Å². The van der Waals surface area contributed by atoms with Gasteiger partial charge in [-0.25, -0.2) is 9.97 Å². The minimum absolute atomic E-state index is 0.181. The summed E-state index contributed by atoms with van der Waals surface area (Å²) in [4.78, 5) is 46.9. The fraction of sp³-hybridized carbons (Fsp3) is 0.405. The van der Waals surface area contributed by atoms with E-state index in [4.69, 9.17) is 0 Å². The van der Waals surface area contributed by atoms with E-state index in [0.29, 0.717) is 0 Å². The van der Waals surface area contributed by atoms with E-state index in [1.165, 1.54) is 85.6 Å². The van der Waals surface area contributed by atoms with Crippen molar-refractivity contribution in [1.82, 2.24) is 82.7 Å². The molecule has 4 aliphatic heterocycles. The molecule has 544 valence electrons. The van der Waals surface area contributed by atoms with Gasteiger partial charge in [0.2, 0.25) is 0 Å². The highest BCUT2D eigenvalue weighted by Gasteiger charge is 2.32. The van der Waals surface area contributed by atoms with Crippen LogP contribution < -0.4 is 0 Å². The topological polar surface area (TPSA) is 149 Å². The summed E-state index contributed by atoms with van der Waals surface area (Å²) in [7, 11) is 8.53. The quantitative estimate of drug-likeness (QED) is 0.0846. The molecule has 12 aromatic rings. The van der Waals surface area contributed by atoms with Crippen LogP contribution in [0.4, 0.5) is 35.1 Å². The number of aryl methyl sites for hydroxylation is 8. The zero-order valence-electron chi connectivity index (χ0n) is 60.0. The Morgan fingerprint density at radius 3 is 1.16 bits per heavy atom. The first-order valence-electron chi connectivity index (χ1n) is 35.4. The van der Waals surface area contributed by atoms with Crippen molar-refractivity contribution in [3.05, 3.63) is 231 Å². The molecule has 0 amide bonds. The van der Waals surface area contributed by atoms with Gasteiger partial charge >= 0.3 is 0 Å². The van der Waals surface area contributed by atoms with Crippen LogP contribution in [0.15, 0.2) is 141 Å². The Kier molecular flexibility index (Phi) is 21.3. The van der Waals surface area contributed by atoms with Crippen molar-refractivity contribution in [2.45, 2.75) is 155 Å². The monoisotopic (exact) mass is 1430 g/mol. The van der Waals surface area contributed by atoms with Gasteiger partial charge in [-0.3, -0.25) is 34.9 Å². The summed E-state index contributed by atoms with van der Waals surface area (Å²) in [6.07, 6.45) is 26.1. The summed E-state index contributed by atoms with van der Waals surface area (Å²) in [5, 5.41) is 3.59. The zero-order valence-corrected chi connectivity index (χ0v) is 60.0. The minimum atomic E-state index is -2.91. The molecular weight excluding hydrogens is 1340 g/mol. The average molecular weight is 1430 g/mol. The van der Waals surface area contributed by atoms with E-state index in [2.05, 4.69) is 129 Å². The van der Waals surface area contributed by atoms with Crippen LogP contribution in [0, 0.1) is 0 Å². The normalized spacial score (nSPS) is 15.4. The van der Waals surface area contributed by atoms with Crippen LogP contribution in [0.3, 0.4) is 0 Å². The molecule has 0 aliphatic carbocycles. The van der Waals surface area contributed by atoms with Gasteiger partial charge in [-0.15, -0.1) is 0 Å². The van der Waals surface area contributed by atoms with E-state index in [9.17, 15) is 35.1 Å². The van der Waals surface area contributed by atoms with Gasteiger partial charge in [0.25, 0.3) is 23.7 Å². The number of rotatable bonds is 16. The number of likely N-dealkylation sites (N-methyl/N-ethyl adjacent to an activating group) is 4. The van der Waals surface area contributed by atoms with Gasteiger partial charge in [0.1, 0.15) is 34.8 Å². The maximum absolute atomic E-state index is 13.3. The molecule has 0 bridgehead atoms. The van der Waals surface area contributed by atoms with Crippen molar-refractivity contribution in [2.24, 2.45) is 0 Å². The number of aromatic nitrogens is 13. The highest BCUT2D eigenvalue weighted by Crippen LogP contribution is 2.36. The summed E-state index contributed by atoms with van der Waals surface area (Å²) in [5.74, 6) is -11.6. The van der Waals surface area contributed by atoms with Crippen LogP contribution in [-0.4, -0.2) is 137 Å². The largest absolute Gasteiger partial charge is 0.344 e. The molecule has 0 atom stereocenters. The Labute approximate surface area is 599 Å². The lowest BCUT2D eigenvalue weighted by Gasteiger charge is -2.24. The molecule has 12 aromatic heterocycles.